The minimum Gasteiger partial charge on any atom is -0.476 e. The second-order valence-corrected chi connectivity index (χ2v) is 9.57. The molecule has 2 heterocycles. The minimum absolute atomic E-state index is 0.112. The van der Waals surface area contributed by atoms with Gasteiger partial charge in [0, 0.05) is 24.9 Å². The van der Waals surface area contributed by atoms with Crippen molar-refractivity contribution in [3.63, 3.8) is 0 Å². The van der Waals surface area contributed by atoms with E-state index in [0.29, 0.717) is 25.1 Å². The van der Waals surface area contributed by atoms with Gasteiger partial charge in [0.25, 0.3) is 0 Å². The number of nitrogens with zero attached hydrogens (tertiary/aromatic N) is 3. The molecule has 2 N–H and O–H groups in total. The Hall–Kier alpha value is -3.78. The number of hydrogen-bond acceptors (Lipinski definition) is 6. The average Bonchev–Trinajstić information content (AvgIpc) is 2.83. The molecule has 8 nitrogen and oxygen atoms in total. The van der Waals surface area contributed by atoms with E-state index < -0.39 is 23.3 Å². The largest absolute Gasteiger partial charge is 0.476 e. The maximum Gasteiger partial charge on any atom is 0.411 e. The molecular weight excluding hydrogens is 446 g/mol. The molecule has 0 radical (unpaired) electrons. The van der Waals surface area contributed by atoms with E-state index in [9.17, 15) is 14.7 Å². The highest BCUT2D eigenvalue weighted by Crippen LogP contribution is 2.42. The molecule has 3 aromatic rings. The number of benzene rings is 2. The van der Waals surface area contributed by atoms with Gasteiger partial charge < -0.3 is 19.8 Å². The molecule has 0 saturated carbocycles. The number of carbonyl (C=O) groups excluding carboxylic acids is 1. The van der Waals surface area contributed by atoms with Gasteiger partial charge in [0.2, 0.25) is 0 Å². The molecule has 2 atom stereocenters. The van der Waals surface area contributed by atoms with Crippen molar-refractivity contribution >= 4 is 12.1 Å². The number of amides is 1. The van der Waals surface area contributed by atoms with Crippen LogP contribution in [-0.2, 0) is 10.3 Å². The first-order chi connectivity index (χ1) is 16.6. The molecule has 0 aliphatic carbocycles. The normalized spacial score (nSPS) is 19.2. The van der Waals surface area contributed by atoms with Crippen molar-refractivity contribution in [3.8, 4) is 11.3 Å². The SMILES string of the molecule is C[C@@H](c1ccc(-c2ccc(C(=O)O)nn2)cc1)N1CCC(CC(C)(C)O)(c2ccccc2)OC1=O. The monoisotopic (exact) mass is 475 g/mol. The Morgan fingerprint density at radius 1 is 1.09 bits per heavy atom. The molecule has 2 aromatic carbocycles. The quantitative estimate of drug-likeness (QED) is 0.505. The van der Waals surface area contributed by atoms with Gasteiger partial charge in [-0.1, -0.05) is 54.6 Å². The fourth-order valence-electron chi connectivity index (χ4n) is 4.60. The summed E-state index contributed by atoms with van der Waals surface area (Å²) in [4.78, 5) is 25.9. The molecule has 1 aliphatic heterocycles. The van der Waals surface area contributed by atoms with E-state index in [1.807, 2.05) is 61.5 Å². The molecule has 0 bridgehead atoms. The van der Waals surface area contributed by atoms with Gasteiger partial charge >= 0.3 is 12.1 Å². The van der Waals surface area contributed by atoms with Crippen LogP contribution >= 0.6 is 0 Å². The highest BCUT2D eigenvalue weighted by molar-refractivity contribution is 5.85. The highest BCUT2D eigenvalue weighted by Gasteiger charge is 2.46. The van der Waals surface area contributed by atoms with E-state index >= 15 is 0 Å². The lowest BCUT2D eigenvalue weighted by atomic mass is 9.80. The summed E-state index contributed by atoms with van der Waals surface area (Å²) in [6.45, 7) is 5.88. The van der Waals surface area contributed by atoms with Gasteiger partial charge in [-0.3, -0.25) is 0 Å². The van der Waals surface area contributed by atoms with Crippen molar-refractivity contribution in [1.29, 1.82) is 0 Å². The predicted molar refractivity (Wildman–Crippen MR) is 130 cm³/mol. The summed E-state index contributed by atoms with van der Waals surface area (Å²) >= 11 is 0. The van der Waals surface area contributed by atoms with Gasteiger partial charge in [0.1, 0.15) is 5.60 Å². The van der Waals surface area contributed by atoms with Gasteiger partial charge in [-0.15, -0.1) is 10.2 Å². The third-order valence-corrected chi connectivity index (χ3v) is 6.33. The van der Waals surface area contributed by atoms with Crippen LogP contribution < -0.4 is 0 Å². The van der Waals surface area contributed by atoms with Crippen LogP contribution in [0.3, 0.4) is 0 Å². The van der Waals surface area contributed by atoms with Crippen LogP contribution in [-0.4, -0.2) is 49.5 Å². The van der Waals surface area contributed by atoms with Crippen LogP contribution in [0.25, 0.3) is 11.3 Å². The number of carboxylic acid groups (broad SMARTS) is 1. The zero-order valence-corrected chi connectivity index (χ0v) is 20.0. The van der Waals surface area contributed by atoms with E-state index in [4.69, 9.17) is 9.84 Å². The topological polar surface area (TPSA) is 113 Å². The Balaban J connectivity index is 1.51. The van der Waals surface area contributed by atoms with Crippen LogP contribution in [0.4, 0.5) is 4.79 Å². The number of cyclic esters (lactones) is 1. The van der Waals surface area contributed by atoms with Gasteiger partial charge in [0.15, 0.2) is 5.69 Å². The Kier molecular flexibility index (Phi) is 6.58. The fraction of sp³-hybridized carbons (Fsp3) is 0.333. The standard InChI is InChI=1S/C27H29N3O5/c1-18(19-9-11-20(12-10-19)22-13-14-23(24(31)32)29-28-22)30-16-15-27(35-25(30)33,17-26(2,3)34)21-7-5-4-6-8-21/h4-14,18,34H,15-17H2,1-3H3,(H,31,32)/t18-,27?/m0/s1. The lowest BCUT2D eigenvalue weighted by molar-refractivity contribution is -0.101. The van der Waals surface area contributed by atoms with Gasteiger partial charge in [-0.25, -0.2) is 9.59 Å². The van der Waals surface area contributed by atoms with Crippen molar-refractivity contribution < 1.29 is 24.5 Å². The number of rotatable bonds is 7. The molecular formula is C27H29N3O5. The number of carbonyl (C=O) groups is 2. The van der Waals surface area contributed by atoms with Crippen LogP contribution in [0.2, 0.25) is 0 Å². The van der Waals surface area contributed by atoms with Crippen LogP contribution in [0, 0.1) is 0 Å². The number of aromatic carboxylic acids is 1. The first-order valence-corrected chi connectivity index (χ1v) is 11.5. The maximum absolute atomic E-state index is 13.2. The summed E-state index contributed by atoms with van der Waals surface area (Å²) in [5, 5.41) is 27.2. The van der Waals surface area contributed by atoms with Crippen LogP contribution in [0.15, 0.2) is 66.7 Å². The molecule has 1 fully saturated rings. The van der Waals surface area contributed by atoms with Crippen molar-refractivity contribution in [2.45, 2.75) is 50.9 Å². The van der Waals surface area contributed by atoms with E-state index in [0.717, 1.165) is 16.7 Å². The molecule has 35 heavy (non-hydrogen) atoms. The molecule has 8 heteroatoms. The maximum atomic E-state index is 13.2. The zero-order valence-electron chi connectivity index (χ0n) is 20.0. The van der Waals surface area contributed by atoms with Crippen LogP contribution in [0.1, 0.15) is 61.3 Å². The summed E-state index contributed by atoms with van der Waals surface area (Å²) in [5.41, 5.74) is 1.14. The Morgan fingerprint density at radius 3 is 2.31 bits per heavy atom. The summed E-state index contributed by atoms with van der Waals surface area (Å²) in [6.07, 6.45) is 0.436. The summed E-state index contributed by atoms with van der Waals surface area (Å²) in [6, 6.07) is 20.0. The van der Waals surface area contributed by atoms with E-state index in [2.05, 4.69) is 10.2 Å². The Morgan fingerprint density at radius 2 is 1.77 bits per heavy atom. The summed E-state index contributed by atoms with van der Waals surface area (Å²) < 4.78 is 6.08. The number of aromatic nitrogens is 2. The third kappa shape index (κ3) is 5.33. The van der Waals surface area contributed by atoms with Crippen molar-refractivity contribution in [1.82, 2.24) is 15.1 Å². The number of hydrogen-bond donors (Lipinski definition) is 2. The smallest absolute Gasteiger partial charge is 0.411 e. The van der Waals surface area contributed by atoms with E-state index in [-0.39, 0.29) is 11.7 Å². The minimum atomic E-state index is -1.12. The lowest BCUT2D eigenvalue weighted by Gasteiger charge is -2.45. The second kappa shape index (κ2) is 9.46. The third-order valence-electron chi connectivity index (χ3n) is 6.33. The van der Waals surface area contributed by atoms with Crippen LogP contribution in [0.5, 0.6) is 0 Å². The highest BCUT2D eigenvalue weighted by atomic mass is 16.6. The van der Waals surface area contributed by atoms with Gasteiger partial charge in [0.05, 0.1) is 17.3 Å². The molecule has 1 unspecified atom stereocenters. The Bertz CT molecular complexity index is 1190. The molecule has 4 rings (SSSR count). The zero-order chi connectivity index (χ0) is 25.2. The molecule has 0 spiro atoms. The fourth-order valence-corrected chi connectivity index (χ4v) is 4.60. The first kappa shape index (κ1) is 24.3. The summed E-state index contributed by atoms with van der Waals surface area (Å²) in [5.74, 6) is -1.12. The van der Waals surface area contributed by atoms with Crippen molar-refractivity contribution in [2.24, 2.45) is 0 Å². The van der Waals surface area contributed by atoms with E-state index in [1.54, 1.807) is 24.8 Å². The molecule has 1 aromatic heterocycles. The van der Waals surface area contributed by atoms with Crippen molar-refractivity contribution in [3.05, 3.63) is 83.6 Å². The first-order valence-electron chi connectivity index (χ1n) is 11.5. The number of carboxylic acids is 1. The van der Waals surface area contributed by atoms with Gasteiger partial charge in [-0.2, -0.15) is 0 Å². The predicted octanol–water partition coefficient (Wildman–Crippen LogP) is 4.80. The average molecular weight is 476 g/mol. The van der Waals surface area contributed by atoms with Gasteiger partial charge in [-0.05, 0) is 44.0 Å². The number of aliphatic hydroxyl groups is 1. The lowest BCUT2D eigenvalue weighted by Crippen LogP contribution is -2.51. The van der Waals surface area contributed by atoms with E-state index in [1.165, 1.54) is 6.07 Å². The molecule has 1 aliphatic rings. The summed E-state index contributed by atoms with van der Waals surface area (Å²) in [7, 11) is 0. The Labute approximate surface area is 204 Å². The second-order valence-electron chi connectivity index (χ2n) is 9.57. The number of ether oxygens (including phenoxy) is 1. The molecule has 1 saturated heterocycles. The molecule has 182 valence electrons. The molecule has 1 amide bonds. The van der Waals surface area contributed by atoms with Crippen molar-refractivity contribution in [2.75, 3.05) is 6.54 Å².